The quantitative estimate of drug-likeness (QED) is 0.655. The monoisotopic (exact) mass is 271 g/mol. The Labute approximate surface area is 106 Å². The van der Waals surface area contributed by atoms with Gasteiger partial charge < -0.3 is 10.5 Å². The van der Waals surface area contributed by atoms with Crippen molar-refractivity contribution in [1.29, 1.82) is 0 Å². The van der Waals surface area contributed by atoms with E-state index in [-0.39, 0.29) is 17.2 Å². The molecule has 2 aromatic carbocycles. The van der Waals surface area contributed by atoms with Crippen molar-refractivity contribution in [2.75, 3.05) is 5.73 Å². The summed E-state index contributed by atoms with van der Waals surface area (Å²) >= 11 is 0. The molecule has 0 radical (unpaired) electrons. The van der Waals surface area contributed by atoms with Crippen LogP contribution in [-0.4, -0.2) is 0 Å². The Morgan fingerprint density at radius 1 is 1.00 bits per heavy atom. The van der Waals surface area contributed by atoms with Crippen LogP contribution in [0.25, 0.3) is 0 Å². The van der Waals surface area contributed by atoms with E-state index in [1.54, 1.807) is 0 Å². The number of ether oxygens (including phenoxy) is 1. The fraction of sp³-hybridized carbons (Fsp3) is 0.0769. The molecule has 0 saturated heterocycles. The summed E-state index contributed by atoms with van der Waals surface area (Å²) in [5.41, 5.74) is 4.69. The lowest BCUT2D eigenvalue weighted by molar-refractivity contribution is -0.137. The Bertz CT molecular complexity index is 595. The van der Waals surface area contributed by atoms with E-state index in [2.05, 4.69) is 0 Å². The molecular formula is C13H9F4NO. The number of rotatable bonds is 2. The highest BCUT2D eigenvalue weighted by Gasteiger charge is 2.30. The first-order valence-corrected chi connectivity index (χ1v) is 5.26. The lowest BCUT2D eigenvalue weighted by Gasteiger charge is -2.11. The number of halogens is 4. The smallest absolute Gasteiger partial charge is 0.416 e. The van der Waals surface area contributed by atoms with Gasteiger partial charge in [0.2, 0.25) is 0 Å². The van der Waals surface area contributed by atoms with Gasteiger partial charge in [-0.1, -0.05) is 6.07 Å². The summed E-state index contributed by atoms with van der Waals surface area (Å²) in [5.74, 6) is -0.470. The first-order valence-electron chi connectivity index (χ1n) is 5.26. The van der Waals surface area contributed by atoms with Gasteiger partial charge in [0.1, 0.15) is 11.6 Å². The fourth-order valence-corrected chi connectivity index (χ4v) is 1.48. The van der Waals surface area contributed by atoms with Crippen molar-refractivity contribution in [2.24, 2.45) is 0 Å². The van der Waals surface area contributed by atoms with Gasteiger partial charge in [-0.05, 0) is 30.3 Å². The van der Waals surface area contributed by atoms with E-state index in [0.717, 1.165) is 24.3 Å². The molecule has 0 atom stereocenters. The van der Waals surface area contributed by atoms with Crippen molar-refractivity contribution in [3.05, 3.63) is 53.8 Å². The first kappa shape index (κ1) is 13.2. The van der Waals surface area contributed by atoms with Crippen LogP contribution in [0.2, 0.25) is 0 Å². The summed E-state index contributed by atoms with van der Waals surface area (Å²) in [7, 11) is 0. The second-order valence-electron chi connectivity index (χ2n) is 3.81. The summed E-state index contributed by atoms with van der Waals surface area (Å²) in [6.07, 6.45) is -4.45. The maximum Gasteiger partial charge on any atom is 0.416 e. The zero-order valence-corrected chi connectivity index (χ0v) is 9.54. The van der Waals surface area contributed by atoms with Gasteiger partial charge >= 0.3 is 6.18 Å². The third-order valence-corrected chi connectivity index (χ3v) is 2.36. The van der Waals surface area contributed by atoms with Gasteiger partial charge in [0, 0.05) is 6.07 Å². The van der Waals surface area contributed by atoms with Crippen LogP contribution in [0.4, 0.5) is 23.2 Å². The van der Waals surface area contributed by atoms with Crippen molar-refractivity contribution < 1.29 is 22.3 Å². The Balaban J connectivity index is 2.29. The SMILES string of the molecule is Nc1cc(F)ccc1Oc1cccc(C(F)(F)F)c1. The lowest BCUT2D eigenvalue weighted by atomic mass is 10.2. The molecule has 0 aliphatic heterocycles. The molecule has 0 spiro atoms. The molecule has 100 valence electrons. The molecule has 0 saturated carbocycles. The molecule has 2 N–H and O–H groups in total. The van der Waals surface area contributed by atoms with E-state index < -0.39 is 17.6 Å². The van der Waals surface area contributed by atoms with Gasteiger partial charge in [-0.25, -0.2) is 4.39 Å². The number of nitrogens with two attached hydrogens (primary N) is 1. The number of nitrogen functional groups attached to an aromatic ring is 1. The topological polar surface area (TPSA) is 35.2 Å². The highest BCUT2D eigenvalue weighted by molar-refractivity contribution is 5.54. The van der Waals surface area contributed by atoms with Crippen LogP contribution in [0, 0.1) is 5.82 Å². The summed E-state index contributed by atoms with van der Waals surface area (Å²) in [6, 6.07) is 7.76. The number of hydrogen-bond acceptors (Lipinski definition) is 2. The number of anilines is 1. The summed E-state index contributed by atoms with van der Waals surface area (Å²) in [4.78, 5) is 0. The van der Waals surface area contributed by atoms with E-state index in [1.165, 1.54) is 18.2 Å². The Morgan fingerprint density at radius 2 is 1.74 bits per heavy atom. The zero-order valence-electron chi connectivity index (χ0n) is 9.54. The molecule has 0 amide bonds. The molecule has 0 unspecified atom stereocenters. The standard InChI is InChI=1S/C13H9F4NO/c14-9-4-5-12(11(18)7-9)19-10-3-1-2-8(6-10)13(15,16)17/h1-7H,18H2. The lowest BCUT2D eigenvalue weighted by Crippen LogP contribution is -2.04. The summed E-state index contributed by atoms with van der Waals surface area (Å²) in [5, 5.41) is 0. The molecular weight excluding hydrogens is 262 g/mol. The van der Waals surface area contributed by atoms with Gasteiger partial charge in [0.15, 0.2) is 5.75 Å². The first-order chi connectivity index (χ1) is 8.86. The predicted octanol–water partition coefficient (Wildman–Crippen LogP) is 4.22. The molecule has 0 aromatic heterocycles. The number of alkyl halides is 3. The van der Waals surface area contributed by atoms with Gasteiger partial charge in [-0.2, -0.15) is 13.2 Å². The molecule has 2 rings (SSSR count). The van der Waals surface area contributed by atoms with Crippen LogP contribution < -0.4 is 10.5 Å². The Kier molecular flexibility index (Phi) is 3.33. The van der Waals surface area contributed by atoms with E-state index in [4.69, 9.17) is 10.5 Å². The normalized spacial score (nSPS) is 11.4. The minimum Gasteiger partial charge on any atom is -0.455 e. The second kappa shape index (κ2) is 4.79. The van der Waals surface area contributed by atoms with Crippen LogP contribution >= 0.6 is 0 Å². The third kappa shape index (κ3) is 3.15. The minimum absolute atomic E-state index is 0.0115. The Hall–Kier alpha value is -2.24. The number of hydrogen-bond donors (Lipinski definition) is 1. The predicted molar refractivity (Wildman–Crippen MR) is 62.3 cm³/mol. The van der Waals surface area contributed by atoms with Crippen LogP contribution in [-0.2, 0) is 6.18 Å². The van der Waals surface area contributed by atoms with Crippen LogP contribution in [0.1, 0.15) is 5.56 Å². The van der Waals surface area contributed by atoms with E-state index >= 15 is 0 Å². The van der Waals surface area contributed by atoms with E-state index in [0.29, 0.717) is 0 Å². The van der Waals surface area contributed by atoms with Gasteiger partial charge in [-0.3, -0.25) is 0 Å². The van der Waals surface area contributed by atoms with Crippen molar-refractivity contribution in [1.82, 2.24) is 0 Å². The maximum absolute atomic E-state index is 12.8. The van der Waals surface area contributed by atoms with Gasteiger partial charge in [0.25, 0.3) is 0 Å². The zero-order chi connectivity index (χ0) is 14.0. The second-order valence-corrected chi connectivity index (χ2v) is 3.81. The van der Waals surface area contributed by atoms with E-state index in [1.807, 2.05) is 0 Å². The van der Waals surface area contributed by atoms with Gasteiger partial charge in [-0.15, -0.1) is 0 Å². The highest BCUT2D eigenvalue weighted by atomic mass is 19.4. The molecule has 6 heteroatoms. The van der Waals surface area contributed by atoms with E-state index in [9.17, 15) is 17.6 Å². The van der Waals surface area contributed by atoms with Crippen molar-refractivity contribution in [2.45, 2.75) is 6.18 Å². The molecule has 0 aliphatic rings. The molecule has 0 aliphatic carbocycles. The highest BCUT2D eigenvalue weighted by Crippen LogP contribution is 2.34. The van der Waals surface area contributed by atoms with Crippen molar-refractivity contribution >= 4 is 5.69 Å². The average molecular weight is 271 g/mol. The average Bonchev–Trinajstić information content (AvgIpc) is 2.32. The van der Waals surface area contributed by atoms with Crippen LogP contribution in [0.5, 0.6) is 11.5 Å². The van der Waals surface area contributed by atoms with Gasteiger partial charge in [0.05, 0.1) is 11.3 Å². The molecule has 2 aromatic rings. The summed E-state index contributed by atoms with van der Waals surface area (Å²) < 4.78 is 55.6. The number of benzene rings is 2. The fourth-order valence-electron chi connectivity index (χ4n) is 1.48. The molecule has 0 bridgehead atoms. The molecule has 0 heterocycles. The Morgan fingerprint density at radius 3 is 2.37 bits per heavy atom. The van der Waals surface area contributed by atoms with Crippen LogP contribution in [0.15, 0.2) is 42.5 Å². The molecule has 19 heavy (non-hydrogen) atoms. The largest absolute Gasteiger partial charge is 0.455 e. The molecule has 2 nitrogen and oxygen atoms in total. The minimum atomic E-state index is -4.45. The van der Waals surface area contributed by atoms with Crippen molar-refractivity contribution in [3.63, 3.8) is 0 Å². The van der Waals surface area contributed by atoms with Crippen LogP contribution in [0.3, 0.4) is 0 Å². The maximum atomic E-state index is 12.8. The summed E-state index contributed by atoms with van der Waals surface area (Å²) in [6.45, 7) is 0. The third-order valence-electron chi connectivity index (χ3n) is 2.36. The van der Waals surface area contributed by atoms with Crippen molar-refractivity contribution in [3.8, 4) is 11.5 Å². The molecule has 0 fully saturated rings.